The van der Waals surface area contributed by atoms with Crippen LogP contribution in [0.3, 0.4) is 0 Å². The van der Waals surface area contributed by atoms with Crippen molar-refractivity contribution in [1.29, 1.82) is 0 Å². The van der Waals surface area contributed by atoms with Crippen LogP contribution in [0.2, 0.25) is 0 Å². The van der Waals surface area contributed by atoms with Gasteiger partial charge >= 0.3 is 0 Å². The molecule has 2 aromatic heterocycles. The fraction of sp³-hybridized carbons (Fsp3) is 0.0435. The fourth-order valence-corrected chi connectivity index (χ4v) is 4.38. The number of phenolic OH excluding ortho intramolecular Hbond substituents is 2. The van der Waals surface area contributed by atoms with Gasteiger partial charge < -0.3 is 20.2 Å². The van der Waals surface area contributed by atoms with Crippen LogP contribution in [-0.4, -0.2) is 20.2 Å². The number of aromatic hydroxyl groups is 2. The number of H-pyrrole nitrogens is 2. The number of rotatable bonds is 3. The SMILES string of the molecule is Oc1ccc2c(C(c3cccc(Br)c3)c3c[nH]c4cc(O)ccc34)c[nH]c2c1. The van der Waals surface area contributed by atoms with Crippen molar-refractivity contribution in [3.63, 3.8) is 0 Å². The predicted octanol–water partition coefficient (Wildman–Crippen LogP) is 6.00. The van der Waals surface area contributed by atoms with Gasteiger partial charge in [0.1, 0.15) is 11.5 Å². The average Bonchev–Trinajstić information content (AvgIpc) is 3.26. The third-order valence-electron chi connectivity index (χ3n) is 5.20. The maximum absolute atomic E-state index is 9.83. The summed E-state index contributed by atoms with van der Waals surface area (Å²) in [6.45, 7) is 0. The Kier molecular flexibility index (Phi) is 3.91. The van der Waals surface area contributed by atoms with Crippen molar-refractivity contribution in [3.05, 3.63) is 94.2 Å². The largest absolute Gasteiger partial charge is 0.508 e. The molecule has 0 atom stereocenters. The molecular weight excluding hydrogens is 416 g/mol. The zero-order valence-electron chi connectivity index (χ0n) is 14.8. The number of fused-ring (bicyclic) bond motifs is 2. The van der Waals surface area contributed by atoms with Crippen molar-refractivity contribution in [2.24, 2.45) is 0 Å². The standard InChI is InChI=1S/C23H17BrN2O2/c24-14-3-1-2-13(8-14)23(19-11-25-21-9-15(27)4-6-17(19)21)20-12-26-22-10-16(28)5-7-18(20)22/h1-12,23,25-28H. The van der Waals surface area contributed by atoms with E-state index in [1.54, 1.807) is 24.3 Å². The number of nitrogens with one attached hydrogen (secondary N) is 2. The highest BCUT2D eigenvalue weighted by Crippen LogP contribution is 2.40. The number of hydrogen-bond donors (Lipinski definition) is 4. The average molecular weight is 433 g/mol. The Morgan fingerprint density at radius 2 is 1.29 bits per heavy atom. The molecule has 5 heteroatoms. The van der Waals surface area contributed by atoms with Gasteiger partial charge in [0.2, 0.25) is 0 Å². The number of aromatic amines is 2. The summed E-state index contributed by atoms with van der Waals surface area (Å²) in [4.78, 5) is 6.58. The Hall–Kier alpha value is -3.18. The summed E-state index contributed by atoms with van der Waals surface area (Å²) in [5.41, 5.74) is 5.20. The second-order valence-corrected chi connectivity index (χ2v) is 7.85. The molecule has 0 bridgehead atoms. The lowest BCUT2D eigenvalue weighted by molar-refractivity contribution is 0.475. The highest BCUT2D eigenvalue weighted by molar-refractivity contribution is 9.10. The number of benzene rings is 3. The monoisotopic (exact) mass is 432 g/mol. The van der Waals surface area contributed by atoms with E-state index in [0.29, 0.717) is 0 Å². The van der Waals surface area contributed by atoms with Crippen LogP contribution in [0.25, 0.3) is 21.8 Å². The van der Waals surface area contributed by atoms with Crippen LogP contribution in [0.15, 0.2) is 77.5 Å². The first-order valence-electron chi connectivity index (χ1n) is 8.95. The summed E-state index contributed by atoms with van der Waals surface area (Å²) in [6.07, 6.45) is 4.02. The first-order valence-corrected chi connectivity index (χ1v) is 9.75. The smallest absolute Gasteiger partial charge is 0.117 e. The van der Waals surface area contributed by atoms with Gasteiger partial charge in [-0.3, -0.25) is 0 Å². The molecular formula is C23H17BrN2O2. The molecule has 0 radical (unpaired) electrons. The lowest BCUT2D eigenvalue weighted by Crippen LogP contribution is -2.02. The summed E-state index contributed by atoms with van der Waals surface area (Å²) in [5, 5.41) is 21.8. The van der Waals surface area contributed by atoms with Crippen LogP contribution in [0.4, 0.5) is 0 Å². The summed E-state index contributed by atoms with van der Waals surface area (Å²) < 4.78 is 1.02. The minimum atomic E-state index is -0.0194. The highest BCUT2D eigenvalue weighted by Gasteiger charge is 2.23. The third kappa shape index (κ3) is 2.75. The van der Waals surface area contributed by atoms with Crippen LogP contribution in [0, 0.1) is 0 Å². The Bertz CT molecular complexity index is 1240. The zero-order chi connectivity index (χ0) is 19.3. The Labute approximate surface area is 169 Å². The van der Waals surface area contributed by atoms with E-state index in [2.05, 4.69) is 38.0 Å². The molecule has 0 aliphatic rings. The molecule has 0 amide bonds. The Morgan fingerprint density at radius 3 is 1.82 bits per heavy atom. The molecule has 138 valence electrons. The van der Waals surface area contributed by atoms with Gasteiger partial charge in [0.15, 0.2) is 0 Å². The van der Waals surface area contributed by atoms with E-state index in [0.717, 1.165) is 43.0 Å². The van der Waals surface area contributed by atoms with Gasteiger partial charge in [-0.25, -0.2) is 0 Å². The van der Waals surface area contributed by atoms with Gasteiger partial charge in [-0.1, -0.05) is 28.1 Å². The van der Waals surface area contributed by atoms with Crippen molar-refractivity contribution in [2.75, 3.05) is 0 Å². The summed E-state index contributed by atoms with van der Waals surface area (Å²) in [7, 11) is 0. The van der Waals surface area contributed by atoms with E-state index >= 15 is 0 Å². The third-order valence-corrected chi connectivity index (χ3v) is 5.69. The first kappa shape index (κ1) is 17.0. The van der Waals surface area contributed by atoms with Crippen molar-refractivity contribution in [1.82, 2.24) is 9.97 Å². The Morgan fingerprint density at radius 1 is 0.714 bits per heavy atom. The lowest BCUT2D eigenvalue weighted by atomic mass is 9.85. The van der Waals surface area contributed by atoms with Gasteiger partial charge in [-0.2, -0.15) is 0 Å². The van der Waals surface area contributed by atoms with Crippen LogP contribution in [-0.2, 0) is 0 Å². The zero-order valence-corrected chi connectivity index (χ0v) is 16.4. The molecule has 4 nitrogen and oxygen atoms in total. The van der Waals surface area contributed by atoms with Gasteiger partial charge in [-0.05, 0) is 53.1 Å². The van der Waals surface area contributed by atoms with E-state index in [9.17, 15) is 10.2 Å². The molecule has 0 saturated heterocycles. The van der Waals surface area contributed by atoms with Crippen LogP contribution in [0.1, 0.15) is 22.6 Å². The minimum Gasteiger partial charge on any atom is -0.508 e. The number of aromatic nitrogens is 2. The van der Waals surface area contributed by atoms with E-state index in [-0.39, 0.29) is 17.4 Å². The van der Waals surface area contributed by atoms with Gasteiger partial charge in [0.25, 0.3) is 0 Å². The van der Waals surface area contributed by atoms with E-state index in [1.165, 1.54) is 0 Å². The molecule has 0 fully saturated rings. The van der Waals surface area contributed by atoms with Gasteiger partial charge in [0, 0.05) is 56.7 Å². The highest BCUT2D eigenvalue weighted by atomic mass is 79.9. The summed E-state index contributed by atoms with van der Waals surface area (Å²) >= 11 is 3.59. The first-order chi connectivity index (χ1) is 13.6. The Balaban J connectivity index is 1.79. The van der Waals surface area contributed by atoms with Gasteiger partial charge in [0.05, 0.1) is 0 Å². The molecule has 5 aromatic rings. The molecule has 0 saturated carbocycles. The second kappa shape index (κ2) is 6.46. The minimum absolute atomic E-state index is 0.0194. The second-order valence-electron chi connectivity index (χ2n) is 6.94. The summed E-state index contributed by atoms with van der Waals surface area (Å²) in [5.74, 6) is 0.457. The number of halogens is 1. The maximum atomic E-state index is 9.83. The molecule has 3 aromatic carbocycles. The van der Waals surface area contributed by atoms with Crippen LogP contribution < -0.4 is 0 Å². The van der Waals surface area contributed by atoms with Crippen molar-refractivity contribution in [3.8, 4) is 11.5 Å². The molecule has 0 spiro atoms. The fourth-order valence-electron chi connectivity index (χ4n) is 3.96. The van der Waals surface area contributed by atoms with E-state index in [1.807, 2.05) is 36.7 Å². The normalized spacial score (nSPS) is 11.6. The molecule has 4 N–H and O–H groups in total. The quantitative estimate of drug-likeness (QED) is 0.282. The van der Waals surface area contributed by atoms with Gasteiger partial charge in [-0.15, -0.1) is 0 Å². The predicted molar refractivity (Wildman–Crippen MR) is 115 cm³/mol. The topological polar surface area (TPSA) is 72.0 Å². The van der Waals surface area contributed by atoms with E-state index < -0.39 is 0 Å². The molecule has 5 rings (SSSR count). The van der Waals surface area contributed by atoms with Crippen molar-refractivity contribution < 1.29 is 10.2 Å². The van der Waals surface area contributed by atoms with Crippen molar-refractivity contribution in [2.45, 2.75) is 5.92 Å². The van der Waals surface area contributed by atoms with E-state index in [4.69, 9.17) is 0 Å². The maximum Gasteiger partial charge on any atom is 0.117 e. The van der Waals surface area contributed by atoms with Crippen LogP contribution >= 0.6 is 15.9 Å². The molecule has 0 aliphatic carbocycles. The molecule has 0 aliphatic heterocycles. The molecule has 28 heavy (non-hydrogen) atoms. The molecule has 2 heterocycles. The lowest BCUT2D eigenvalue weighted by Gasteiger charge is -2.18. The summed E-state index contributed by atoms with van der Waals surface area (Å²) in [6, 6.07) is 19.1. The molecule has 0 unspecified atom stereocenters. The number of phenols is 2. The van der Waals surface area contributed by atoms with Crippen molar-refractivity contribution >= 4 is 37.7 Å². The van der Waals surface area contributed by atoms with Crippen LogP contribution in [0.5, 0.6) is 11.5 Å². The number of hydrogen-bond acceptors (Lipinski definition) is 2.